The molecule has 0 aliphatic rings. The van der Waals surface area contributed by atoms with Crippen LogP contribution in [0.5, 0.6) is 0 Å². The minimum Gasteiger partial charge on any atom is -0.396 e. The molecule has 0 aliphatic carbocycles. The predicted octanol–water partition coefficient (Wildman–Crippen LogP) is -2.22. The van der Waals surface area contributed by atoms with Gasteiger partial charge in [0, 0.05) is 19.7 Å². The van der Waals surface area contributed by atoms with Crippen molar-refractivity contribution < 1.29 is 120 Å². The summed E-state index contributed by atoms with van der Waals surface area (Å²) in [5.41, 5.74) is -13.9. The first-order valence-electron chi connectivity index (χ1n) is 14.2. The Morgan fingerprint density at radius 1 is 0.308 bits per heavy atom. The highest BCUT2D eigenvalue weighted by molar-refractivity contribution is 7.73. The normalized spacial score (nSPS) is 15.1. The molecule has 0 spiro atoms. The van der Waals surface area contributed by atoms with E-state index in [4.69, 9.17) is 5.11 Å². The molecule has 0 aromatic carbocycles. The zero-order valence-electron chi connectivity index (χ0n) is 26.6. The van der Waals surface area contributed by atoms with Crippen LogP contribution in [0.1, 0.15) is 38.5 Å². The third-order valence-corrected chi connectivity index (χ3v) is 21.2. The molecule has 0 saturated heterocycles. The van der Waals surface area contributed by atoms with E-state index < -0.39 is 132 Å². The van der Waals surface area contributed by atoms with Crippen LogP contribution >= 0.6 is 60.8 Å². The molecule has 52 heavy (non-hydrogen) atoms. The van der Waals surface area contributed by atoms with Gasteiger partial charge in [-0.05, 0) is 45.3 Å². The smallest absolute Gasteiger partial charge is 0.355 e. The lowest BCUT2D eigenvalue weighted by Crippen LogP contribution is -2.45. The second-order valence-electron chi connectivity index (χ2n) is 11.3. The molecule has 0 aliphatic heterocycles. The maximum absolute atomic E-state index is 12.1. The van der Waals surface area contributed by atoms with Crippen molar-refractivity contribution in [3.63, 3.8) is 0 Å². The zero-order chi connectivity index (χ0) is 41.5. The van der Waals surface area contributed by atoms with Crippen molar-refractivity contribution >= 4 is 60.8 Å². The number of unbranched alkanes of at least 4 members (excludes halogenated alkanes) is 3. The molecule has 314 valence electrons. The van der Waals surface area contributed by atoms with Crippen LogP contribution in [-0.4, -0.2) is 160 Å². The highest BCUT2D eigenvalue weighted by Crippen LogP contribution is 2.70. The Labute approximate surface area is 295 Å². The van der Waals surface area contributed by atoms with Crippen molar-refractivity contribution in [2.24, 2.45) is 0 Å². The van der Waals surface area contributed by atoms with Gasteiger partial charge < -0.3 is 88.3 Å². The second-order valence-corrected chi connectivity index (χ2v) is 26.2. The zero-order valence-corrected chi connectivity index (χ0v) is 33.7. The van der Waals surface area contributed by atoms with Gasteiger partial charge in [0.05, 0.1) is 0 Å². The fourth-order valence-corrected chi connectivity index (χ4v) is 17.3. The van der Waals surface area contributed by atoms with Gasteiger partial charge in [0.2, 0.25) is 22.1 Å². The van der Waals surface area contributed by atoms with Crippen LogP contribution in [0, 0.1) is 0 Å². The SMILES string of the molecule is O=P(O)(O)C(N(CCCN(CCCCCCO)CCCN(C(P(=O)(O)O)P(=O)(O)O)C(P(=O)(O)O)P(=O)(O)O)C(P(=O)(O)O)P(=O)(O)O)P(=O)(O)O. The molecular formula is C16H45N3O25P8. The van der Waals surface area contributed by atoms with Gasteiger partial charge in [-0.2, -0.15) is 0 Å². The monoisotopic (exact) mass is 927 g/mol. The Hall–Kier alpha value is 1.04. The van der Waals surface area contributed by atoms with Crippen LogP contribution < -0.4 is 0 Å². The van der Waals surface area contributed by atoms with E-state index in [1.54, 1.807) is 0 Å². The van der Waals surface area contributed by atoms with Crippen LogP contribution in [0.25, 0.3) is 0 Å². The lowest BCUT2D eigenvalue weighted by molar-refractivity contribution is 0.176. The maximum atomic E-state index is 12.1. The Morgan fingerprint density at radius 2 is 0.519 bits per heavy atom. The highest BCUT2D eigenvalue weighted by atomic mass is 31.3. The molecule has 28 nitrogen and oxygen atoms in total. The van der Waals surface area contributed by atoms with E-state index in [2.05, 4.69) is 0 Å². The lowest BCUT2D eigenvalue weighted by atomic mass is 10.2. The number of hydrogen-bond acceptors (Lipinski definition) is 12. The van der Waals surface area contributed by atoms with Gasteiger partial charge in [-0.1, -0.05) is 12.8 Å². The molecule has 0 amide bonds. The van der Waals surface area contributed by atoms with Crippen molar-refractivity contribution in [3.05, 3.63) is 0 Å². The van der Waals surface area contributed by atoms with Crippen LogP contribution in [0.4, 0.5) is 0 Å². The van der Waals surface area contributed by atoms with E-state index in [1.165, 1.54) is 4.90 Å². The van der Waals surface area contributed by atoms with Crippen LogP contribution in [-0.2, 0) is 36.5 Å². The summed E-state index contributed by atoms with van der Waals surface area (Å²) in [5, 5.41) is 8.98. The molecular weight excluding hydrogens is 882 g/mol. The fourth-order valence-electron chi connectivity index (χ4n) is 5.12. The molecule has 0 fully saturated rings. The number of aliphatic hydroxyl groups is 1. The van der Waals surface area contributed by atoms with E-state index >= 15 is 0 Å². The van der Waals surface area contributed by atoms with Crippen LogP contribution in [0.2, 0.25) is 0 Å². The van der Waals surface area contributed by atoms with E-state index in [0.29, 0.717) is 19.3 Å². The molecule has 0 unspecified atom stereocenters. The summed E-state index contributed by atoms with van der Waals surface area (Å²) in [6.07, 6.45) is -0.00845. The van der Waals surface area contributed by atoms with Crippen LogP contribution in [0.15, 0.2) is 0 Å². The molecule has 0 saturated carbocycles. The number of nitrogens with zero attached hydrogens (tertiary/aromatic N) is 3. The van der Waals surface area contributed by atoms with Crippen molar-refractivity contribution in [2.75, 3.05) is 39.3 Å². The Bertz CT molecular complexity index is 1240. The average molecular weight is 927 g/mol. The summed E-state index contributed by atoms with van der Waals surface area (Å²) in [4.78, 5) is 155. The van der Waals surface area contributed by atoms with Crippen molar-refractivity contribution in [1.82, 2.24) is 14.7 Å². The van der Waals surface area contributed by atoms with Gasteiger partial charge in [0.1, 0.15) is 0 Å². The Kier molecular flexibility index (Phi) is 20.5. The maximum Gasteiger partial charge on any atom is 0.355 e. The minimum atomic E-state index is -6.16. The molecule has 0 atom stereocenters. The molecule has 36 heteroatoms. The summed E-state index contributed by atoms with van der Waals surface area (Å²) in [6.45, 7) is -3.76. The number of aliphatic hydroxyl groups excluding tert-OH is 1. The molecule has 0 rings (SSSR count). The minimum absolute atomic E-state index is 0.0763. The summed E-state index contributed by atoms with van der Waals surface area (Å²) in [6, 6.07) is 0. The summed E-state index contributed by atoms with van der Waals surface area (Å²) >= 11 is 0. The Balaban J connectivity index is 6.82. The average Bonchev–Trinajstić information content (AvgIpc) is 2.81. The third-order valence-electron chi connectivity index (χ3n) is 6.76. The van der Waals surface area contributed by atoms with Crippen molar-refractivity contribution in [1.29, 1.82) is 0 Å². The van der Waals surface area contributed by atoms with Gasteiger partial charge in [-0.25, -0.2) is 0 Å². The highest BCUT2D eigenvalue weighted by Gasteiger charge is 2.59. The summed E-state index contributed by atoms with van der Waals surface area (Å²) in [5.74, 6) is 0. The van der Waals surface area contributed by atoms with E-state index in [0.717, 1.165) is 0 Å². The fraction of sp³-hybridized carbons (Fsp3) is 1.00. The standard InChI is InChI=1S/C16H45N3O25P8/c20-12-4-2-1-3-7-17(8-5-10-18(13(45(21,22)23)46(24,25)26)14(47(27,28)29)48(30,31)32)9-6-11-19(15(49(33,34)35)50(36,37)38)16(51(39,40)41)52(42,43)44/h13-16,20H,1-12H2,(H2,21,22,23)(H2,24,25,26)(H2,27,28,29)(H2,30,31,32)(H2,33,34,35)(H2,36,37,38)(H2,39,40,41)(H2,42,43,44). The molecule has 0 heterocycles. The second kappa shape index (κ2) is 20.1. The number of rotatable bonds is 26. The summed E-state index contributed by atoms with van der Waals surface area (Å²) < 4.78 is 96.8. The molecule has 0 aromatic rings. The predicted molar refractivity (Wildman–Crippen MR) is 176 cm³/mol. The van der Waals surface area contributed by atoms with Crippen LogP contribution in [0.3, 0.4) is 0 Å². The first kappa shape index (κ1) is 53.0. The molecule has 0 radical (unpaired) electrons. The first-order valence-corrected chi connectivity index (χ1v) is 27.6. The number of hydrogen-bond donors (Lipinski definition) is 17. The van der Waals surface area contributed by atoms with E-state index in [9.17, 15) is 115 Å². The van der Waals surface area contributed by atoms with E-state index in [-0.39, 0.29) is 19.6 Å². The first-order chi connectivity index (χ1) is 22.9. The lowest BCUT2D eigenvalue weighted by Gasteiger charge is -2.38. The molecule has 17 N–H and O–H groups in total. The van der Waals surface area contributed by atoms with Crippen molar-refractivity contribution in [2.45, 2.75) is 60.6 Å². The van der Waals surface area contributed by atoms with Gasteiger partial charge in [0.15, 0.2) is 0 Å². The molecule has 0 bridgehead atoms. The van der Waals surface area contributed by atoms with Crippen molar-refractivity contribution in [3.8, 4) is 0 Å². The van der Waals surface area contributed by atoms with Gasteiger partial charge >= 0.3 is 60.8 Å². The van der Waals surface area contributed by atoms with E-state index in [1.807, 2.05) is 0 Å². The Morgan fingerprint density at radius 3 is 0.731 bits per heavy atom. The van der Waals surface area contributed by atoms with Gasteiger partial charge in [0.25, 0.3) is 0 Å². The quantitative estimate of drug-likeness (QED) is 0.0323. The molecule has 0 aromatic heterocycles. The third kappa shape index (κ3) is 18.1. The largest absolute Gasteiger partial charge is 0.396 e. The summed E-state index contributed by atoms with van der Waals surface area (Å²) in [7, 11) is -49.3. The topological polar surface area (TPSA) is 490 Å². The van der Waals surface area contributed by atoms with Gasteiger partial charge in [-0.3, -0.25) is 46.3 Å². The van der Waals surface area contributed by atoms with Gasteiger partial charge in [-0.15, -0.1) is 0 Å².